The number of benzene rings is 3. The zero-order valence-electron chi connectivity index (χ0n) is 23.0. The first-order valence-corrected chi connectivity index (χ1v) is 13.3. The van der Waals surface area contributed by atoms with Gasteiger partial charge < -0.3 is 23.4 Å². The number of fused-ring (bicyclic) bond motifs is 3. The lowest BCUT2D eigenvalue weighted by atomic mass is 10.1. The maximum atomic E-state index is 14.2. The molecular weight excluding hydrogens is 555 g/mol. The minimum Gasteiger partial charge on any atom is -0.496 e. The molecule has 5 rings (SSSR count). The zero-order chi connectivity index (χ0) is 29.9. The van der Waals surface area contributed by atoms with E-state index in [0.717, 1.165) is 11.3 Å². The number of hydrogen-bond acceptors (Lipinski definition) is 8. The number of nitrogens with zero attached hydrogens (tertiary/aromatic N) is 1. The van der Waals surface area contributed by atoms with Crippen LogP contribution in [-0.4, -0.2) is 37.9 Å². The summed E-state index contributed by atoms with van der Waals surface area (Å²) in [5.41, 5.74) is 0.307. The molecule has 8 nitrogen and oxygen atoms in total. The van der Waals surface area contributed by atoms with E-state index in [2.05, 4.69) is 0 Å². The van der Waals surface area contributed by atoms with Crippen LogP contribution in [0.25, 0.3) is 11.0 Å². The van der Waals surface area contributed by atoms with Crippen molar-refractivity contribution in [3.63, 3.8) is 0 Å². The Kier molecular flexibility index (Phi) is 8.39. The van der Waals surface area contributed by atoms with Crippen LogP contribution in [0.2, 0.25) is 0 Å². The number of halogens is 3. The fourth-order valence-corrected chi connectivity index (χ4v) is 4.66. The molecular formula is C31H28F3NO7. The normalized spacial score (nSPS) is 13.4. The van der Waals surface area contributed by atoms with Crippen molar-refractivity contribution >= 4 is 16.9 Å². The number of rotatable bonds is 9. The molecule has 0 spiro atoms. The van der Waals surface area contributed by atoms with Crippen LogP contribution < -0.4 is 19.6 Å². The van der Waals surface area contributed by atoms with E-state index in [4.69, 9.17) is 23.4 Å². The number of carbonyl (C=O) groups excluding carboxylic acids is 1. The van der Waals surface area contributed by atoms with Crippen LogP contribution >= 0.6 is 0 Å². The highest BCUT2D eigenvalue weighted by Gasteiger charge is 2.41. The van der Waals surface area contributed by atoms with E-state index in [-0.39, 0.29) is 42.2 Å². The lowest BCUT2D eigenvalue weighted by Gasteiger charge is -2.29. The SMILES string of the molecule is CCCOC(=O)c1ccc(Oc2c(C(F)(F)F)oc3c4c(ccc3c2=O)OCN(CCc2ccccc2OC)C4)cc1. The summed E-state index contributed by atoms with van der Waals surface area (Å²) < 4.78 is 69.7. The van der Waals surface area contributed by atoms with Crippen LogP contribution in [0, 0.1) is 0 Å². The Hall–Kier alpha value is -4.51. The van der Waals surface area contributed by atoms with Crippen molar-refractivity contribution in [3.8, 4) is 23.0 Å². The van der Waals surface area contributed by atoms with Crippen molar-refractivity contribution in [2.24, 2.45) is 0 Å². The summed E-state index contributed by atoms with van der Waals surface area (Å²) >= 11 is 0. The summed E-state index contributed by atoms with van der Waals surface area (Å²) in [6, 6.07) is 15.7. The highest BCUT2D eigenvalue weighted by molar-refractivity contribution is 5.89. The number of ether oxygens (including phenoxy) is 4. The molecule has 0 radical (unpaired) electrons. The Balaban J connectivity index is 1.45. The third-order valence-corrected chi connectivity index (χ3v) is 6.76. The number of alkyl halides is 3. The first kappa shape index (κ1) is 29.0. The third-order valence-electron chi connectivity index (χ3n) is 6.76. The van der Waals surface area contributed by atoms with E-state index >= 15 is 0 Å². The largest absolute Gasteiger partial charge is 0.496 e. The predicted molar refractivity (Wildman–Crippen MR) is 147 cm³/mol. The predicted octanol–water partition coefficient (Wildman–Crippen LogP) is 6.57. The second-order valence-electron chi connectivity index (χ2n) is 9.66. The first-order chi connectivity index (χ1) is 20.2. The molecule has 1 aromatic heterocycles. The molecule has 4 aromatic rings. The van der Waals surface area contributed by atoms with Gasteiger partial charge in [0.2, 0.25) is 11.2 Å². The second-order valence-corrected chi connectivity index (χ2v) is 9.66. The van der Waals surface area contributed by atoms with Gasteiger partial charge in [0.1, 0.15) is 29.6 Å². The van der Waals surface area contributed by atoms with Gasteiger partial charge in [-0.15, -0.1) is 0 Å². The fraction of sp³-hybridized carbons (Fsp3) is 0.290. The van der Waals surface area contributed by atoms with Gasteiger partial charge in [0.15, 0.2) is 0 Å². The van der Waals surface area contributed by atoms with Crippen LogP contribution in [0.5, 0.6) is 23.0 Å². The number of para-hydroxylation sites is 1. The van der Waals surface area contributed by atoms with Crippen LogP contribution in [-0.2, 0) is 23.9 Å². The lowest BCUT2D eigenvalue weighted by Crippen LogP contribution is -2.34. The molecule has 0 atom stereocenters. The van der Waals surface area contributed by atoms with Crippen molar-refractivity contribution < 1.29 is 41.3 Å². The van der Waals surface area contributed by atoms with Gasteiger partial charge >= 0.3 is 12.1 Å². The topological polar surface area (TPSA) is 87.4 Å². The number of esters is 1. The van der Waals surface area contributed by atoms with E-state index in [1.165, 1.54) is 30.3 Å². The van der Waals surface area contributed by atoms with Gasteiger partial charge in [0, 0.05) is 13.1 Å². The van der Waals surface area contributed by atoms with Crippen LogP contribution in [0.4, 0.5) is 13.2 Å². The molecule has 0 saturated heterocycles. The molecule has 0 fully saturated rings. The molecule has 0 bridgehead atoms. The molecule has 220 valence electrons. The van der Waals surface area contributed by atoms with Crippen molar-refractivity contribution in [1.29, 1.82) is 0 Å². The molecule has 42 heavy (non-hydrogen) atoms. The summed E-state index contributed by atoms with van der Waals surface area (Å²) in [6.45, 7) is 3.03. The van der Waals surface area contributed by atoms with Gasteiger partial charge in [-0.2, -0.15) is 13.2 Å². The van der Waals surface area contributed by atoms with Crippen molar-refractivity contribution in [2.75, 3.05) is 27.0 Å². The third kappa shape index (κ3) is 6.06. The van der Waals surface area contributed by atoms with Gasteiger partial charge in [-0.3, -0.25) is 9.69 Å². The smallest absolute Gasteiger partial charge is 0.453 e. The van der Waals surface area contributed by atoms with E-state index in [1.54, 1.807) is 13.2 Å². The molecule has 2 heterocycles. The molecule has 1 aliphatic rings. The molecule has 3 aromatic carbocycles. The fourth-order valence-electron chi connectivity index (χ4n) is 4.66. The summed E-state index contributed by atoms with van der Waals surface area (Å²) in [4.78, 5) is 27.4. The van der Waals surface area contributed by atoms with Crippen LogP contribution in [0.3, 0.4) is 0 Å². The Morgan fingerprint density at radius 1 is 1.05 bits per heavy atom. The summed E-state index contributed by atoms with van der Waals surface area (Å²) in [5, 5.41) is -0.0771. The highest BCUT2D eigenvalue weighted by Crippen LogP contribution is 2.41. The monoisotopic (exact) mass is 583 g/mol. The molecule has 0 aliphatic carbocycles. The molecule has 1 aliphatic heterocycles. The molecule has 0 amide bonds. The first-order valence-electron chi connectivity index (χ1n) is 13.3. The molecule has 11 heteroatoms. The average Bonchev–Trinajstić information content (AvgIpc) is 2.99. The molecule has 0 saturated carbocycles. The standard InChI is InChI=1S/C31H28F3NO7/c1-3-16-39-30(37)20-8-10-21(11-9-20)41-28-26(36)22-12-13-25-23(27(22)42-29(28)31(32,33)34)17-35(18-40-25)15-14-19-6-4-5-7-24(19)38-2/h4-13H,3,14-18H2,1-2H3. The van der Waals surface area contributed by atoms with Crippen molar-refractivity contribution in [1.82, 2.24) is 4.90 Å². The van der Waals surface area contributed by atoms with Gasteiger partial charge in [-0.25, -0.2) is 4.79 Å². The van der Waals surface area contributed by atoms with E-state index in [0.29, 0.717) is 30.7 Å². The van der Waals surface area contributed by atoms with Gasteiger partial charge in [0.05, 0.1) is 30.2 Å². The Morgan fingerprint density at radius 3 is 2.52 bits per heavy atom. The number of hydrogen-bond donors (Lipinski definition) is 0. The van der Waals surface area contributed by atoms with Gasteiger partial charge in [-0.05, 0) is 60.9 Å². The number of carbonyl (C=O) groups is 1. The zero-order valence-corrected chi connectivity index (χ0v) is 23.0. The van der Waals surface area contributed by atoms with Crippen molar-refractivity contribution in [2.45, 2.75) is 32.5 Å². The molecule has 0 N–H and O–H groups in total. The second kappa shape index (κ2) is 12.2. The van der Waals surface area contributed by atoms with Crippen molar-refractivity contribution in [3.05, 3.63) is 93.3 Å². The quantitative estimate of drug-likeness (QED) is 0.205. The minimum atomic E-state index is -5.03. The maximum absolute atomic E-state index is 14.2. The summed E-state index contributed by atoms with van der Waals surface area (Å²) in [6.07, 6.45) is -3.78. The lowest BCUT2D eigenvalue weighted by molar-refractivity contribution is -0.154. The van der Waals surface area contributed by atoms with Crippen LogP contribution in [0.15, 0.2) is 69.9 Å². The van der Waals surface area contributed by atoms with Gasteiger partial charge in [0.25, 0.3) is 5.76 Å². The number of methoxy groups -OCH3 is 1. The maximum Gasteiger partial charge on any atom is 0.453 e. The molecule has 0 unspecified atom stereocenters. The summed E-state index contributed by atoms with van der Waals surface area (Å²) in [7, 11) is 1.59. The average molecular weight is 584 g/mol. The Labute approximate surface area is 239 Å². The minimum absolute atomic E-state index is 0.0771. The Bertz CT molecular complexity index is 1650. The van der Waals surface area contributed by atoms with Crippen LogP contribution in [0.1, 0.15) is 40.6 Å². The van der Waals surface area contributed by atoms with E-state index < -0.39 is 29.1 Å². The van der Waals surface area contributed by atoms with E-state index in [1.807, 2.05) is 36.1 Å². The Morgan fingerprint density at radius 2 is 1.81 bits per heavy atom. The highest BCUT2D eigenvalue weighted by atomic mass is 19.4. The van der Waals surface area contributed by atoms with E-state index in [9.17, 15) is 22.8 Å². The van der Waals surface area contributed by atoms with Gasteiger partial charge in [-0.1, -0.05) is 25.1 Å². The summed E-state index contributed by atoms with van der Waals surface area (Å²) in [5.74, 6) is -2.14.